The first kappa shape index (κ1) is 22.0. The maximum atomic E-state index is 13.2. The zero-order chi connectivity index (χ0) is 22.7. The molecule has 9 nitrogen and oxygen atoms in total. The molecule has 4 amide bonds. The molecule has 32 heavy (non-hydrogen) atoms. The number of likely N-dealkylation sites (tertiary alicyclic amines) is 1. The molecule has 2 aliphatic heterocycles. The normalized spacial score (nSPS) is 19.1. The number of benzene rings is 1. The van der Waals surface area contributed by atoms with Crippen molar-refractivity contribution in [3.63, 3.8) is 0 Å². The van der Waals surface area contributed by atoms with Gasteiger partial charge in [0.05, 0.1) is 11.7 Å². The molecule has 0 radical (unpaired) electrons. The van der Waals surface area contributed by atoms with Gasteiger partial charge in [-0.1, -0.05) is 23.7 Å². The fourth-order valence-electron chi connectivity index (χ4n) is 4.23. The number of aromatic nitrogens is 2. The van der Waals surface area contributed by atoms with Crippen LogP contribution in [0.15, 0.2) is 30.5 Å². The van der Waals surface area contributed by atoms with E-state index in [1.807, 2.05) is 12.1 Å². The van der Waals surface area contributed by atoms with Crippen molar-refractivity contribution in [2.24, 2.45) is 0 Å². The van der Waals surface area contributed by atoms with Crippen LogP contribution in [0.4, 0.5) is 10.7 Å². The summed E-state index contributed by atoms with van der Waals surface area (Å²) in [6.07, 6.45) is 4.55. The monoisotopic (exact) mass is 456 g/mol. The predicted molar refractivity (Wildman–Crippen MR) is 120 cm³/mol. The van der Waals surface area contributed by atoms with Crippen molar-refractivity contribution in [3.8, 4) is 11.1 Å². The highest BCUT2D eigenvalue weighted by Crippen LogP contribution is 2.36. The van der Waals surface area contributed by atoms with E-state index in [1.54, 1.807) is 23.2 Å². The molecular weight excluding hydrogens is 432 g/mol. The summed E-state index contributed by atoms with van der Waals surface area (Å²) in [6.45, 7) is 0.967. The number of anilines is 1. The second kappa shape index (κ2) is 9.52. The van der Waals surface area contributed by atoms with Crippen LogP contribution in [0.5, 0.6) is 0 Å². The minimum Gasteiger partial charge on any atom is -0.368 e. The second-order valence-corrected chi connectivity index (χ2v) is 8.35. The number of halogens is 1. The number of imide groups is 1. The Balaban J connectivity index is 1.58. The highest BCUT2D eigenvalue weighted by atomic mass is 35.5. The van der Waals surface area contributed by atoms with Crippen molar-refractivity contribution in [1.82, 2.24) is 25.1 Å². The summed E-state index contributed by atoms with van der Waals surface area (Å²) in [5.74, 6) is -0.239. The molecule has 3 N–H and O–H groups in total. The first-order chi connectivity index (χ1) is 15.4. The Morgan fingerprint density at radius 2 is 2.00 bits per heavy atom. The van der Waals surface area contributed by atoms with Gasteiger partial charge in [-0.3, -0.25) is 14.5 Å². The van der Waals surface area contributed by atoms with Gasteiger partial charge in [-0.25, -0.2) is 14.8 Å². The average Bonchev–Trinajstić information content (AvgIpc) is 2.79. The summed E-state index contributed by atoms with van der Waals surface area (Å²) < 4.78 is 0. The van der Waals surface area contributed by atoms with Crippen molar-refractivity contribution in [3.05, 3.63) is 41.2 Å². The zero-order valence-electron chi connectivity index (χ0n) is 17.6. The summed E-state index contributed by atoms with van der Waals surface area (Å²) in [6, 6.07) is 6.64. The Morgan fingerprint density at radius 3 is 2.75 bits per heavy atom. The molecule has 4 rings (SSSR count). The number of piperidine rings is 1. The van der Waals surface area contributed by atoms with Gasteiger partial charge in [0.15, 0.2) is 0 Å². The van der Waals surface area contributed by atoms with Gasteiger partial charge in [-0.2, -0.15) is 0 Å². The molecule has 2 aromatic rings. The van der Waals surface area contributed by atoms with E-state index in [4.69, 9.17) is 17.3 Å². The van der Waals surface area contributed by atoms with E-state index in [2.05, 4.69) is 15.3 Å². The number of urea groups is 1. The predicted octanol–water partition coefficient (Wildman–Crippen LogP) is 2.76. The number of hydrogen-bond acceptors (Lipinski definition) is 6. The highest BCUT2D eigenvalue weighted by molar-refractivity contribution is 6.30. The first-order valence-electron chi connectivity index (χ1n) is 10.7. The standard InChI is InChI=1S/C22H25ClN6O3/c23-15-6-4-14(5-7-15)16-13-26-21(24)27-20(16)17-3-1-2-11-28(17)19(31)9-12-29-18(30)8-10-25-22(29)32/h4-7,13,17H,1-3,8-12H2,(H,25,32)(H2,24,26,27). The van der Waals surface area contributed by atoms with Crippen LogP contribution in [0.1, 0.15) is 43.8 Å². The van der Waals surface area contributed by atoms with Gasteiger partial charge in [-0.05, 0) is 37.0 Å². The molecule has 3 heterocycles. The van der Waals surface area contributed by atoms with E-state index in [-0.39, 0.29) is 43.2 Å². The fraction of sp³-hybridized carbons (Fsp3) is 0.409. The van der Waals surface area contributed by atoms with Crippen LogP contribution in [0.25, 0.3) is 11.1 Å². The van der Waals surface area contributed by atoms with Gasteiger partial charge >= 0.3 is 6.03 Å². The number of rotatable bonds is 5. The van der Waals surface area contributed by atoms with Crippen molar-refractivity contribution in [2.75, 3.05) is 25.4 Å². The number of carbonyl (C=O) groups is 3. The van der Waals surface area contributed by atoms with Crippen LogP contribution in [0.2, 0.25) is 5.02 Å². The lowest BCUT2D eigenvalue weighted by molar-refractivity contribution is -0.136. The minimum atomic E-state index is -0.446. The quantitative estimate of drug-likeness (QED) is 0.713. The smallest absolute Gasteiger partial charge is 0.324 e. The topological polar surface area (TPSA) is 122 Å². The summed E-state index contributed by atoms with van der Waals surface area (Å²) in [5.41, 5.74) is 8.29. The molecule has 1 aromatic heterocycles. The molecule has 0 saturated carbocycles. The zero-order valence-corrected chi connectivity index (χ0v) is 18.3. The van der Waals surface area contributed by atoms with E-state index in [1.165, 1.54) is 0 Å². The van der Waals surface area contributed by atoms with Gasteiger partial charge in [-0.15, -0.1) is 0 Å². The molecule has 0 spiro atoms. The minimum absolute atomic E-state index is 0.0582. The number of hydrogen-bond donors (Lipinski definition) is 2. The third-order valence-corrected chi connectivity index (χ3v) is 6.09. The number of carbonyl (C=O) groups excluding carboxylic acids is 3. The van der Waals surface area contributed by atoms with Gasteiger partial charge in [0.1, 0.15) is 0 Å². The number of nitrogens with zero attached hydrogens (tertiary/aromatic N) is 4. The fourth-order valence-corrected chi connectivity index (χ4v) is 4.35. The van der Waals surface area contributed by atoms with Crippen LogP contribution in [-0.2, 0) is 9.59 Å². The number of nitrogens with one attached hydrogen (secondary N) is 1. The molecule has 0 aliphatic carbocycles. The second-order valence-electron chi connectivity index (χ2n) is 7.91. The SMILES string of the molecule is Nc1ncc(-c2ccc(Cl)cc2)c(C2CCCCN2C(=O)CCN2C(=O)CCNC2=O)n1. The van der Waals surface area contributed by atoms with E-state index >= 15 is 0 Å². The number of nitrogen functional groups attached to an aromatic ring is 1. The molecule has 10 heteroatoms. The summed E-state index contributed by atoms with van der Waals surface area (Å²) in [7, 11) is 0. The Kier molecular flexibility index (Phi) is 6.55. The van der Waals surface area contributed by atoms with Crippen molar-refractivity contribution >= 4 is 35.4 Å². The lowest BCUT2D eigenvalue weighted by Crippen LogP contribution is -2.51. The van der Waals surface area contributed by atoms with E-state index in [0.29, 0.717) is 23.8 Å². The molecule has 0 bridgehead atoms. The van der Waals surface area contributed by atoms with Gasteiger partial charge < -0.3 is 16.0 Å². The average molecular weight is 457 g/mol. The van der Waals surface area contributed by atoms with Crippen molar-refractivity contribution in [1.29, 1.82) is 0 Å². The van der Waals surface area contributed by atoms with Crippen LogP contribution in [0.3, 0.4) is 0 Å². The van der Waals surface area contributed by atoms with Crippen molar-refractivity contribution in [2.45, 2.75) is 38.1 Å². The summed E-state index contributed by atoms with van der Waals surface area (Å²) in [5, 5.41) is 3.26. The van der Waals surface area contributed by atoms with Crippen LogP contribution in [0, 0.1) is 0 Å². The maximum Gasteiger partial charge on any atom is 0.324 e. The van der Waals surface area contributed by atoms with Gasteiger partial charge in [0.2, 0.25) is 17.8 Å². The summed E-state index contributed by atoms with van der Waals surface area (Å²) >= 11 is 6.04. The summed E-state index contributed by atoms with van der Waals surface area (Å²) in [4.78, 5) is 48.8. The third-order valence-electron chi connectivity index (χ3n) is 5.84. The number of nitrogens with two attached hydrogens (primary N) is 1. The Labute approximate surface area is 190 Å². The third kappa shape index (κ3) is 4.67. The lowest BCUT2D eigenvalue weighted by atomic mass is 9.93. The largest absolute Gasteiger partial charge is 0.368 e. The highest BCUT2D eigenvalue weighted by Gasteiger charge is 2.33. The molecule has 2 saturated heterocycles. The van der Waals surface area contributed by atoms with Gasteiger partial charge in [0.25, 0.3) is 0 Å². The van der Waals surface area contributed by atoms with Crippen LogP contribution < -0.4 is 11.1 Å². The van der Waals surface area contributed by atoms with E-state index in [0.717, 1.165) is 35.3 Å². The molecule has 1 aromatic carbocycles. The molecular formula is C22H25ClN6O3. The number of amides is 4. The van der Waals surface area contributed by atoms with Crippen LogP contribution >= 0.6 is 11.6 Å². The lowest BCUT2D eigenvalue weighted by Gasteiger charge is -2.37. The Bertz CT molecular complexity index is 1010. The van der Waals surface area contributed by atoms with Crippen LogP contribution in [-0.4, -0.2) is 57.2 Å². The first-order valence-corrected chi connectivity index (χ1v) is 11.1. The maximum absolute atomic E-state index is 13.2. The van der Waals surface area contributed by atoms with E-state index in [9.17, 15) is 14.4 Å². The molecule has 1 atom stereocenters. The molecule has 2 aliphatic rings. The molecule has 168 valence electrons. The Morgan fingerprint density at radius 1 is 1.22 bits per heavy atom. The Hall–Kier alpha value is -3.20. The van der Waals surface area contributed by atoms with E-state index < -0.39 is 6.03 Å². The molecule has 2 fully saturated rings. The molecule has 1 unspecified atom stereocenters. The van der Waals surface area contributed by atoms with Crippen molar-refractivity contribution < 1.29 is 14.4 Å². The van der Waals surface area contributed by atoms with Gasteiger partial charge in [0, 0.05) is 49.3 Å².